The summed E-state index contributed by atoms with van der Waals surface area (Å²) in [5.74, 6) is -1.57. The highest BCUT2D eigenvalue weighted by Gasteiger charge is 2.15. The third kappa shape index (κ3) is 3.10. The van der Waals surface area contributed by atoms with Gasteiger partial charge in [-0.1, -0.05) is 24.8 Å². The van der Waals surface area contributed by atoms with Crippen molar-refractivity contribution in [2.45, 2.75) is 0 Å². The number of guanidine groups is 1. The molecule has 0 aliphatic carbocycles. The molecule has 128 valence electrons. The Balaban J connectivity index is 2.34. The molecule has 0 heterocycles. The minimum atomic E-state index is -0.748. The maximum Gasteiger partial charge on any atom is 0.191 e. The maximum atomic E-state index is 14.4. The zero-order chi connectivity index (χ0) is 18.8. The van der Waals surface area contributed by atoms with Gasteiger partial charge in [-0.3, -0.25) is 0 Å². The van der Waals surface area contributed by atoms with Crippen LogP contribution >= 0.6 is 0 Å². The largest absolute Gasteiger partial charge is 0.370 e. The molecule has 0 saturated heterocycles. The second-order valence-corrected chi connectivity index (χ2v) is 5.64. The van der Waals surface area contributed by atoms with Gasteiger partial charge in [-0.25, -0.2) is 13.8 Å². The summed E-state index contributed by atoms with van der Waals surface area (Å²) >= 11 is 0. The molecule has 3 rings (SSSR count). The van der Waals surface area contributed by atoms with Crippen LogP contribution in [0.1, 0.15) is 11.1 Å². The van der Waals surface area contributed by atoms with Crippen LogP contribution in [0.15, 0.2) is 60.1 Å². The van der Waals surface area contributed by atoms with E-state index in [0.717, 1.165) is 17.5 Å². The summed E-state index contributed by atoms with van der Waals surface area (Å²) in [7, 11) is 0. The summed E-state index contributed by atoms with van der Waals surface area (Å²) in [6.07, 6.45) is 0. The highest BCUT2D eigenvalue weighted by atomic mass is 19.1. The average molecular weight is 348 g/mol. The van der Waals surface area contributed by atoms with Crippen LogP contribution in [0.25, 0.3) is 27.6 Å². The van der Waals surface area contributed by atoms with Crippen molar-refractivity contribution >= 4 is 22.4 Å². The molecule has 3 aromatic rings. The third-order valence-electron chi connectivity index (χ3n) is 3.94. The highest BCUT2D eigenvalue weighted by molar-refractivity contribution is 6.01. The Bertz CT molecular complexity index is 1110. The highest BCUT2D eigenvalue weighted by Crippen LogP contribution is 2.35. The number of aliphatic imine (C=N–C) groups is 1. The van der Waals surface area contributed by atoms with Gasteiger partial charge in [0, 0.05) is 22.8 Å². The van der Waals surface area contributed by atoms with Crippen molar-refractivity contribution in [2.75, 3.05) is 0 Å². The van der Waals surface area contributed by atoms with E-state index >= 15 is 0 Å². The van der Waals surface area contributed by atoms with Crippen LogP contribution in [-0.4, -0.2) is 5.96 Å². The fourth-order valence-electron chi connectivity index (χ4n) is 2.80. The van der Waals surface area contributed by atoms with Crippen LogP contribution in [0.4, 0.5) is 8.78 Å². The van der Waals surface area contributed by atoms with E-state index in [1.54, 1.807) is 30.3 Å². The van der Waals surface area contributed by atoms with Crippen molar-refractivity contribution in [1.82, 2.24) is 0 Å². The number of halogens is 2. The van der Waals surface area contributed by atoms with Gasteiger partial charge in [0.2, 0.25) is 0 Å². The third-order valence-corrected chi connectivity index (χ3v) is 3.94. The Labute approximate surface area is 148 Å². The van der Waals surface area contributed by atoms with Crippen LogP contribution in [0, 0.1) is 23.0 Å². The quantitative estimate of drug-likeness (QED) is 0.556. The Morgan fingerprint density at radius 1 is 1.04 bits per heavy atom. The number of nitriles is 1. The number of nitrogens with zero attached hydrogens (tertiary/aromatic N) is 2. The standard InChI is InChI=1S/C20H14F2N4/c1-11(26-20(24)25)13-4-2-12-3-5-14(10-23)19(17(12)8-13)16-7-6-15(21)9-18(16)22/h2-9H,1H2,(H4,24,25,26). The Morgan fingerprint density at radius 2 is 1.77 bits per heavy atom. The predicted molar refractivity (Wildman–Crippen MR) is 98.9 cm³/mol. The number of hydrogen-bond acceptors (Lipinski definition) is 2. The first kappa shape index (κ1) is 17.1. The van der Waals surface area contributed by atoms with E-state index in [4.69, 9.17) is 11.5 Å². The monoisotopic (exact) mass is 348 g/mol. The summed E-state index contributed by atoms with van der Waals surface area (Å²) in [6, 6.07) is 14.0. The second kappa shape index (κ2) is 6.65. The second-order valence-electron chi connectivity index (χ2n) is 5.64. The first-order valence-corrected chi connectivity index (χ1v) is 7.62. The normalized spacial score (nSPS) is 10.3. The molecule has 0 aliphatic rings. The van der Waals surface area contributed by atoms with Gasteiger partial charge in [0.25, 0.3) is 0 Å². The smallest absolute Gasteiger partial charge is 0.191 e. The molecule has 0 bridgehead atoms. The minimum Gasteiger partial charge on any atom is -0.370 e. The zero-order valence-electron chi connectivity index (χ0n) is 13.6. The van der Waals surface area contributed by atoms with Crippen molar-refractivity contribution in [3.8, 4) is 17.2 Å². The fourth-order valence-corrected chi connectivity index (χ4v) is 2.80. The molecule has 0 radical (unpaired) electrons. The molecule has 26 heavy (non-hydrogen) atoms. The summed E-state index contributed by atoms with van der Waals surface area (Å²) in [5.41, 5.74) is 12.5. The van der Waals surface area contributed by atoms with Crippen LogP contribution in [0.5, 0.6) is 0 Å². The molecule has 0 aromatic heterocycles. The molecule has 6 heteroatoms. The molecule has 0 unspecified atom stereocenters. The molecule has 4 N–H and O–H groups in total. The fraction of sp³-hybridized carbons (Fsp3) is 0. The number of nitrogens with two attached hydrogens (primary N) is 2. The first-order valence-electron chi connectivity index (χ1n) is 7.62. The van der Waals surface area contributed by atoms with Gasteiger partial charge in [0.15, 0.2) is 5.96 Å². The molecule has 0 fully saturated rings. The lowest BCUT2D eigenvalue weighted by molar-refractivity contribution is 0.585. The van der Waals surface area contributed by atoms with Crippen LogP contribution in [0.3, 0.4) is 0 Å². The number of fused-ring (bicyclic) bond motifs is 1. The molecule has 0 amide bonds. The lowest BCUT2D eigenvalue weighted by atomic mass is 9.92. The van der Waals surface area contributed by atoms with Gasteiger partial charge in [-0.15, -0.1) is 0 Å². The summed E-state index contributed by atoms with van der Waals surface area (Å²) in [5, 5.41) is 10.9. The van der Waals surface area contributed by atoms with Gasteiger partial charge >= 0.3 is 0 Å². The van der Waals surface area contributed by atoms with E-state index in [0.29, 0.717) is 22.2 Å². The van der Waals surface area contributed by atoms with Crippen molar-refractivity contribution < 1.29 is 8.78 Å². The van der Waals surface area contributed by atoms with Gasteiger partial charge in [0.05, 0.1) is 17.3 Å². The SMILES string of the molecule is C=C(N=C(N)N)c1ccc2ccc(C#N)c(-c3ccc(F)cc3F)c2c1. The van der Waals surface area contributed by atoms with Gasteiger partial charge in [-0.05, 0) is 35.0 Å². The summed E-state index contributed by atoms with van der Waals surface area (Å²) in [4.78, 5) is 3.92. The average Bonchev–Trinajstić information content (AvgIpc) is 2.60. The molecule has 4 nitrogen and oxygen atoms in total. The van der Waals surface area contributed by atoms with E-state index in [-0.39, 0.29) is 17.1 Å². The lowest BCUT2D eigenvalue weighted by Gasteiger charge is -2.12. The van der Waals surface area contributed by atoms with Crippen molar-refractivity contribution in [3.63, 3.8) is 0 Å². The molecular formula is C20H14F2N4. The minimum absolute atomic E-state index is 0.134. The lowest BCUT2D eigenvalue weighted by Crippen LogP contribution is -2.22. The molecule has 3 aromatic carbocycles. The predicted octanol–water partition coefficient (Wildman–Crippen LogP) is 3.90. The Morgan fingerprint density at radius 3 is 2.42 bits per heavy atom. The van der Waals surface area contributed by atoms with Gasteiger partial charge < -0.3 is 11.5 Å². The number of benzene rings is 3. The van der Waals surface area contributed by atoms with Crippen LogP contribution in [0.2, 0.25) is 0 Å². The zero-order valence-corrected chi connectivity index (χ0v) is 13.6. The van der Waals surface area contributed by atoms with Gasteiger partial charge in [0.1, 0.15) is 11.6 Å². The van der Waals surface area contributed by atoms with E-state index in [1.165, 1.54) is 6.07 Å². The van der Waals surface area contributed by atoms with Crippen molar-refractivity contribution in [2.24, 2.45) is 16.5 Å². The summed E-state index contributed by atoms with van der Waals surface area (Å²) in [6.45, 7) is 3.81. The summed E-state index contributed by atoms with van der Waals surface area (Å²) < 4.78 is 27.7. The van der Waals surface area contributed by atoms with Crippen molar-refractivity contribution in [3.05, 3.63) is 77.9 Å². The Hall–Kier alpha value is -3.72. The molecule has 0 saturated carbocycles. The van der Waals surface area contributed by atoms with Gasteiger partial charge in [-0.2, -0.15) is 5.26 Å². The van der Waals surface area contributed by atoms with E-state index < -0.39 is 11.6 Å². The van der Waals surface area contributed by atoms with Crippen LogP contribution < -0.4 is 11.5 Å². The maximum absolute atomic E-state index is 14.4. The number of hydrogen-bond donors (Lipinski definition) is 2. The van der Waals surface area contributed by atoms with Crippen molar-refractivity contribution in [1.29, 1.82) is 5.26 Å². The van der Waals surface area contributed by atoms with E-state index in [9.17, 15) is 14.0 Å². The number of rotatable bonds is 3. The van der Waals surface area contributed by atoms with E-state index in [1.807, 2.05) is 0 Å². The molecule has 0 aliphatic heterocycles. The molecular weight excluding hydrogens is 334 g/mol. The topological polar surface area (TPSA) is 88.2 Å². The van der Waals surface area contributed by atoms with Crippen LogP contribution in [-0.2, 0) is 0 Å². The molecule has 0 atom stereocenters. The molecule has 0 spiro atoms. The Kier molecular flexibility index (Phi) is 4.38. The van der Waals surface area contributed by atoms with E-state index in [2.05, 4.69) is 17.6 Å². The first-order chi connectivity index (χ1) is 12.4.